The molecule has 1 fully saturated rings. The molecule has 1 aromatic rings. The van der Waals surface area contributed by atoms with Crippen LogP contribution >= 0.6 is 11.3 Å². The number of amides is 1. The van der Waals surface area contributed by atoms with Crippen LogP contribution in [0.25, 0.3) is 0 Å². The summed E-state index contributed by atoms with van der Waals surface area (Å²) >= 11 is 1.61. The monoisotopic (exact) mass is 262 g/mol. The molecule has 1 saturated carbocycles. The molecule has 0 radical (unpaired) electrons. The third kappa shape index (κ3) is 3.86. The first-order valence-corrected chi connectivity index (χ1v) is 7.14. The lowest BCUT2D eigenvalue weighted by molar-refractivity contribution is -0.122. The van der Waals surface area contributed by atoms with Gasteiger partial charge >= 0.3 is 0 Å². The SMILES string of the molecule is NCC#Cc1ccc(CNC(=O)CC2CCC2)s1. The van der Waals surface area contributed by atoms with E-state index in [1.165, 1.54) is 19.3 Å². The Morgan fingerprint density at radius 3 is 3.00 bits per heavy atom. The predicted molar refractivity (Wildman–Crippen MR) is 74.1 cm³/mol. The average Bonchev–Trinajstić information content (AvgIpc) is 2.76. The molecule has 0 bridgehead atoms. The maximum absolute atomic E-state index is 11.6. The van der Waals surface area contributed by atoms with Crippen molar-refractivity contribution in [1.29, 1.82) is 0 Å². The van der Waals surface area contributed by atoms with Crippen molar-refractivity contribution >= 4 is 17.2 Å². The van der Waals surface area contributed by atoms with Crippen LogP contribution in [0, 0.1) is 17.8 Å². The third-order valence-electron chi connectivity index (χ3n) is 3.13. The standard InChI is InChI=1S/C14H18N2OS/c15-8-2-5-12-6-7-13(18-12)10-16-14(17)9-11-3-1-4-11/h6-7,11H,1,3-4,8-10,15H2,(H,16,17). The molecular formula is C14H18N2OS. The predicted octanol–water partition coefficient (Wildman–Crippen LogP) is 1.86. The number of carbonyl (C=O) groups excluding carboxylic acids is 1. The number of hydrogen-bond acceptors (Lipinski definition) is 3. The molecule has 0 saturated heterocycles. The van der Waals surface area contributed by atoms with Gasteiger partial charge in [-0.05, 0) is 30.9 Å². The largest absolute Gasteiger partial charge is 0.351 e. The van der Waals surface area contributed by atoms with Gasteiger partial charge in [-0.2, -0.15) is 0 Å². The van der Waals surface area contributed by atoms with Crippen LogP contribution in [0.5, 0.6) is 0 Å². The second-order valence-electron chi connectivity index (χ2n) is 4.55. The van der Waals surface area contributed by atoms with Gasteiger partial charge in [0.15, 0.2) is 0 Å². The minimum Gasteiger partial charge on any atom is -0.351 e. The molecule has 0 aromatic carbocycles. The fourth-order valence-corrected chi connectivity index (χ4v) is 2.72. The van der Waals surface area contributed by atoms with E-state index >= 15 is 0 Å². The molecule has 1 aromatic heterocycles. The summed E-state index contributed by atoms with van der Waals surface area (Å²) in [6, 6.07) is 3.98. The van der Waals surface area contributed by atoms with Crippen LogP contribution in [0.4, 0.5) is 0 Å². The van der Waals surface area contributed by atoms with E-state index in [0.29, 0.717) is 25.4 Å². The van der Waals surface area contributed by atoms with Crippen LogP contribution in [0.2, 0.25) is 0 Å². The zero-order chi connectivity index (χ0) is 12.8. The molecular weight excluding hydrogens is 244 g/mol. The van der Waals surface area contributed by atoms with E-state index in [1.807, 2.05) is 12.1 Å². The summed E-state index contributed by atoms with van der Waals surface area (Å²) in [7, 11) is 0. The highest BCUT2D eigenvalue weighted by atomic mass is 32.1. The number of rotatable bonds is 4. The second kappa shape index (κ2) is 6.58. The van der Waals surface area contributed by atoms with Gasteiger partial charge in [-0.15, -0.1) is 11.3 Å². The minimum atomic E-state index is 0.169. The van der Waals surface area contributed by atoms with Gasteiger partial charge in [0.05, 0.1) is 18.0 Å². The van der Waals surface area contributed by atoms with Gasteiger partial charge in [0.2, 0.25) is 5.91 Å². The van der Waals surface area contributed by atoms with Gasteiger partial charge in [0, 0.05) is 11.3 Å². The average molecular weight is 262 g/mol. The molecule has 0 atom stereocenters. The Morgan fingerprint density at radius 1 is 1.50 bits per heavy atom. The Hall–Kier alpha value is -1.31. The van der Waals surface area contributed by atoms with Gasteiger partial charge in [0.25, 0.3) is 0 Å². The Labute approximate surface area is 112 Å². The fraction of sp³-hybridized carbons (Fsp3) is 0.500. The van der Waals surface area contributed by atoms with Crippen LogP contribution in [0.3, 0.4) is 0 Å². The van der Waals surface area contributed by atoms with Crippen molar-refractivity contribution in [3.8, 4) is 11.8 Å². The highest BCUT2D eigenvalue weighted by Crippen LogP contribution is 2.29. The zero-order valence-electron chi connectivity index (χ0n) is 10.4. The Kier molecular flexibility index (Phi) is 4.80. The molecule has 1 heterocycles. The van der Waals surface area contributed by atoms with Crippen LogP contribution in [-0.4, -0.2) is 12.5 Å². The lowest BCUT2D eigenvalue weighted by atomic mass is 9.83. The van der Waals surface area contributed by atoms with Gasteiger partial charge in [-0.3, -0.25) is 4.79 Å². The number of carbonyl (C=O) groups is 1. The lowest BCUT2D eigenvalue weighted by Gasteiger charge is -2.24. The first kappa shape index (κ1) is 13.1. The van der Waals surface area contributed by atoms with Crippen LogP contribution in [0.1, 0.15) is 35.4 Å². The molecule has 0 aliphatic heterocycles. The van der Waals surface area contributed by atoms with Crippen molar-refractivity contribution in [3.63, 3.8) is 0 Å². The van der Waals surface area contributed by atoms with E-state index in [1.54, 1.807) is 11.3 Å². The second-order valence-corrected chi connectivity index (χ2v) is 5.72. The van der Waals surface area contributed by atoms with Gasteiger partial charge < -0.3 is 11.1 Å². The minimum absolute atomic E-state index is 0.169. The first-order chi connectivity index (χ1) is 8.78. The molecule has 3 N–H and O–H groups in total. The Bertz CT molecular complexity index is 466. The number of nitrogens with two attached hydrogens (primary N) is 1. The molecule has 1 amide bonds. The maximum atomic E-state index is 11.6. The molecule has 18 heavy (non-hydrogen) atoms. The lowest BCUT2D eigenvalue weighted by Crippen LogP contribution is -2.27. The summed E-state index contributed by atoms with van der Waals surface area (Å²) in [5, 5.41) is 2.97. The van der Waals surface area contributed by atoms with Crippen molar-refractivity contribution in [2.45, 2.75) is 32.2 Å². The quantitative estimate of drug-likeness (QED) is 0.814. The Balaban J connectivity index is 1.75. The van der Waals surface area contributed by atoms with Crippen molar-refractivity contribution in [3.05, 3.63) is 21.9 Å². The highest BCUT2D eigenvalue weighted by Gasteiger charge is 2.20. The maximum Gasteiger partial charge on any atom is 0.220 e. The summed E-state index contributed by atoms with van der Waals surface area (Å²) < 4.78 is 0. The van der Waals surface area contributed by atoms with E-state index in [2.05, 4.69) is 17.2 Å². The smallest absolute Gasteiger partial charge is 0.220 e. The van der Waals surface area contributed by atoms with Gasteiger partial charge in [-0.25, -0.2) is 0 Å². The van der Waals surface area contributed by atoms with Gasteiger partial charge in [0.1, 0.15) is 0 Å². The fourth-order valence-electron chi connectivity index (χ4n) is 1.90. The van der Waals surface area contributed by atoms with Crippen molar-refractivity contribution in [2.24, 2.45) is 11.7 Å². The zero-order valence-corrected chi connectivity index (χ0v) is 11.2. The van der Waals surface area contributed by atoms with Gasteiger partial charge in [-0.1, -0.05) is 18.3 Å². The third-order valence-corrected chi connectivity index (χ3v) is 4.13. The summed E-state index contributed by atoms with van der Waals surface area (Å²) in [4.78, 5) is 13.8. The molecule has 1 aliphatic rings. The van der Waals surface area contributed by atoms with E-state index in [-0.39, 0.29) is 5.91 Å². The van der Waals surface area contributed by atoms with Crippen molar-refractivity contribution in [1.82, 2.24) is 5.32 Å². The molecule has 0 spiro atoms. The van der Waals surface area contributed by atoms with Crippen molar-refractivity contribution < 1.29 is 4.79 Å². The number of nitrogens with one attached hydrogen (secondary N) is 1. The molecule has 4 heteroatoms. The summed E-state index contributed by atoms with van der Waals surface area (Å²) in [6.45, 7) is 0.992. The van der Waals surface area contributed by atoms with E-state index < -0.39 is 0 Å². The summed E-state index contributed by atoms with van der Waals surface area (Å²) in [5.74, 6) is 6.61. The molecule has 2 rings (SSSR count). The van der Waals surface area contributed by atoms with E-state index in [4.69, 9.17) is 5.73 Å². The van der Waals surface area contributed by atoms with Crippen LogP contribution in [0.15, 0.2) is 12.1 Å². The Morgan fingerprint density at radius 2 is 2.33 bits per heavy atom. The van der Waals surface area contributed by atoms with Crippen LogP contribution in [-0.2, 0) is 11.3 Å². The van der Waals surface area contributed by atoms with Crippen LogP contribution < -0.4 is 11.1 Å². The summed E-state index contributed by atoms with van der Waals surface area (Å²) in [6.07, 6.45) is 4.40. The first-order valence-electron chi connectivity index (χ1n) is 6.32. The van der Waals surface area contributed by atoms with E-state index in [9.17, 15) is 4.79 Å². The normalized spacial score (nSPS) is 14.5. The highest BCUT2D eigenvalue weighted by molar-refractivity contribution is 7.12. The molecule has 96 valence electrons. The van der Waals surface area contributed by atoms with Crippen molar-refractivity contribution in [2.75, 3.05) is 6.54 Å². The topological polar surface area (TPSA) is 55.1 Å². The van der Waals surface area contributed by atoms with E-state index in [0.717, 1.165) is 9.75 Å². The number of hydrogen-bond donors (Lipinski definition) is 2. The molecule has 3 nitrogen and oxygen atoms in total. The summed E-state index contributed by atoms with van der Waals surface area (Å²) in [5.41, 5.74) is 5.32. The number of thiophene rings is 1. The molecule has 1 aliphatic carbocycles. The molecule has 0 unspecified atom stereocenters.